The van der Waals surface area contributed by atoms with Crippen molar-refractivity contribution in [1.29, 1.82) is 0 Å². The van der Waals surface area contributed by atoms with Crippen LogP contribution in [-0.2, 0) is 12.8 Å². The summed E-state index contributed by atoms with van der Waals surface area (Å²) in [4.78, 5) is 21.8. The van der Waals surface area contributed by atoms with E-state index in [1.54, 1.807) is 16.7 Å². The zero-order valence-corrected chi connectivity index (χ0v) is 13.2. The maximum Gasteiger partial charge on any atom is 0.270 e. The van der Waals surface area contributed by atoms with Gasteiger partial charge < -0.3 is 11.1 Å². The number of aryl methyl sites for hydroxylation is 2. The largest absolute Gasteiger partial charge is 0.350 e. The van der Waals surface area contributed by atoms with Crippen LogP contribution in [-0.4, -0.2) is 29.0 Å². The summed E-state index contributed by atoms with van der Waals surface area (Å²) in [6.07, 6.45) is 1.47. The first-order chi connectivity index (χ1) is 9.60. The van der Waals surface area contributed by atoms with Gasteiger partial charge in [-0.25, -0.2) is 9.97 Å². The molecular weight excluding hydrogens is 292 g/mol. The molecule has 0 fully saturated rings. The van der Waals surface area contributed by atoms with E-state index in [9.17, 15) is 4.79 Å². The molecule has 2 rings (SSSR count). The molecule has 0 aliphatic rings. The number of carbonyl (C=O) groups is 1. The maximum absolute atomic E-state index is 11.9. The van der Waals surface area contributed by atoms with E-state index in [1.165, 1.54) is 16.2 Å². The van der Waals surface area contributed by atoms with Crippen molar-refractivity contribution < 1.29 is 4.79 Å². The highest BCUT2D eigenvalue weighted by atomic mass is 32.1. The Kier molecular flexibility index (Phi) is 5.22. The van der Waals surface area contributed by atoms with Crippen LogP contribution >= 0.6 is 22.7 Å². The van der Waals surface area contributed by atoms with Gasteiger partial charge in [0.2, 0.25) is 0 Å². The van der Waals surface area contributed by atoms with Gasteiger partial charge >= 0.3 is 0 Å². The molecule has 2 heterocycles. The number of aromatic nitrogens is 2. The molecule has 0 unspecified atom stereocenters. The topological polar surface area (TPSA) is 80.9 Å². The number of hydrogen-bond acceptors (Lipinski definition) is 6. The highest BCUT2D eigenvalue weighted by Crippen LogP contribution is 2.16. The lowest BCUT2D eigenvalue weighted by molar-refractivity contribution is 0.0949. The molecule has 0 bridgehead atoms. The summed E-state index contributed by atoms with van der Waals surface area (Å²) >= 11 is 3.16. The van der Waals surface area contributed by atoms with Crippen LogP contribution < -0.4 is 11.1 Å². The first-order valence-electron chi connectivity index (χ1n) is 6.45. The van der Waals surface area contributed by atoms with Crippen molar-refractivity contribution >= 4 is 28.6 Å². The second-order valence-corrected chi connectivity index (χ2v) is 6.65. The second-order valence-electron chi connectivity index (χ2n) is 4.42. The predicted molar refractivity (Wildman–Crippen MR) is 82.5 cm³/mol. The van der Waals surface area contributed by atoms with Crippen molar-refractivity contribution in [3.63, 3.8) is 0 Å². The maximum atomic E-state index is 11.9. The normalized spacial score (nSPS) is 10.8. The van der Waals surface area contributed by atoms with Gasteiger partial charge in [-0.3, -0.25) is 4.79 Å². The Hall–Kier alpha value is -1.31. The SMILES string of the molecule is Cc1nc(CCNC(=O)c2csc(CCN)n2)sc1C. The lowest BCUT2D eigenvalue weighted by Crippen LogP contribution is -2.26. The zero-order chi connectivity index (χ0) is 14.5. The Morgan fingerprint density at radius 1 is 1.30 bits per heavy atom. The third-order valence-corrected chi connectivity index (χ3v) is 4.88. The summed E-state index contributed by atoms with van der Waals surface area (Å²) < 4.78 is 0. The number of rotatable bonds is 6. The van der Waals surface area contributed by atoms with Crippen LogP contribution in [0.5, 0.6) is 0 Å². The highest BCUT2D eigenvalue weighted by Gasteiger charge is 2.10. The summed E-state index contributed by atoms with van der Waals surface area (Å²) in [5.74, 6) is -0.130. The minimum Gasteiger partial charge on any atom is -0.350 e. The Morgan fingerprint density at radius 2 is 2.10 bits per heavy atom. The fraction of sp³-hybridized carbons (Fsp3) is 0.462. The van der Waals surface area contributed by atoms with Crippen molar-refractivity contribution in [3.8, 4) is 0 Å². The van der Waals surface area contributed by atoms with Gasteiger partial charge in [-0.05, 0) is 20.4 Å². The fourth-order valence-electron chi connectivity index (χ4n) is 1.67. The van der Waals surface area contributed by atoms with Crippen LogP contribution in [0.2, 0.25) is 0 Å². The third-order valence-electron chi connectivity index (χ3n) is 2.84. The standard InChI is InChI=1S/C13H18N4OS2/c1-8-9(2)20-12(16-8)4-6-15-13(18)10-7-19-11(17-10)3-5-14/h7H,3-6,14H2,1-2H3,(H,15,18). The Morgan fingerprint density at radius 3 is 2.75 bits per heavy atom. The van der Waals surface area contributed by atoms with Gasteiger partial charge in [0.15, 0.2) is 0 Å². The predicted octanol–water partition coefficient (Wildman–Crippen LogP) is 1.69. The molecule has 1 amide bonds. The number of hydrogen-bond donors (Lipinski definition) is 2. The van der Waals surface area contributed by atoms with Gasteiger partial charge in [0.25, 0.3) is 5.91 Å². The van der Waals surface area contributed by atoms with E-state index in [1.807, 2.05) is 6.92 Å². The van der Waals surface area contributed by atoms with Gasteiger partial charge in [0.05, 0.1) is 15.7 Å². The number of amides is 1. The summed E-state index contributed by atoms with van der Waals surface area (Å²) in [6, 6.07) is 0. The minimum absolute atomic E-state index is 0.130. The number of carbonyl (C=O) groups excluding carboxylic acids is 1. The third kappa shape index (κ3) is 3.84. The van der Waals surface area contributed by atoms with Crippen LogP contribution in [0.4, 0.5) is 0 Å². The van der Waals surface area contributed by atoms with Gasteiger partial charge in [0.1, 0.15) is 5.69 Å². The van der Waals surface area contributed by atoms with Gasteiger partial charge in [-0.1, -0.05) is 0 Å². The Bertz CT molecular complexity index is 571. The summed E-state index contributed by atoms with van der Waals surface area (Å²) in [5.41, 5.74) is 7.01. The van der Waals surface area contributed by atoms with Crippen molar-refractivity contribution in [1.82, 2.24) is 15.3 Å². The van der Waals surface area contributed by atoms with Crippen molar-refractivity contribution in [2.75, 3.05) is 13.1 Å². The summed E-state index contributed by atoms with van der Waals surface area (Å²) in [7, 11) is 0. The molecule has 0 saturated heterocycles. The first-order valence-corrected chi connectivity index (χ1v) is 8.15. The number of nitrogens with one attached hydrogen (secondary N) is 1. The zero-order valence-electron chi connectivity index (χ0n) is 11.6. The molecule has 3 N–H and O–H groups in total. The molecule has 2 aromatic heterocycles. The van der Waals surface area contributed by atoms with Gasteiger partial charge in [-0.15, -0.1) is 22.7 Å². The first kappa shape index (κ1) is 15.1. The molecule has 0 aliphatic carbocycles. The molecule has 5 nitrogen and oxygen atoms in total. The average molecular weight is 310 g/mol. The second kappa shape index (κ2) is 6.92. The molecule has 0 aliphatic heterocycles. The molecule has 0 aromatic carbocycles. The molecule has 2 aromatic rings. The van der Waals surface area contributed by atoms with E-state index in [0.717, 1.165) is 28.6 Å². The highest BCUT2D eigenvalue weighted by molar-refractivity contribution is 7.11. The van der Waals surface area contributed by atoms with Crippen LogP contribution in [0.25, 0.3) is 0 Å². The molecule has 20 heavy (non-hydrogen) atoms. The lowest BCUT2D eigenvalue weighted by Gasteiger charge is -2.00. The van der Waals surface area contributed by atoms with E-state index in [2.05, 4.69) is 22.2 Å². The molecule has 0 spiro atoms. The molecule has 0 radical (unpaired) electrons. The van der Waals surface area contributed by atoms with Crippen molar-refractivity contribution in [2.24, 2.45) is 5.73 Å². The molecular formula is C13H18N4OS2. The van der Waals surface area contributed by atoms with Crippen molar-refractivity contribution in [2.45, 2.75) is 26.7 Å². The smallest absolute Gasteiger partial charge is 0.270 e. The quantitative estimate of drug-likeness (QED) is 0.851. The molecule has 0 saturated carbocycles. The fourth-order valence-corrected chi connectivity index (χ4v) is 3.40. The van der Waals surface area contributed by atoms with Crippen molar-refractivity contribution in [3.05, 3.63) is 31.7 Å². The Labute approximate surface area is 126 Å². The average Bonchev–Trinajstić information content (AvgIpc) is 2.98. The van der Waals surface area contributed by atoms with Crippen LogP contribution in [0.3, 0.4) is 0 Å². The molecule has 0 atom stereocenters. The monoisotopic (exact) mass is 310 g/mol. The van der Waals surface area contributed by atoms with E-state index >= 15 is 0 Å². The van der Waals surface area contributed by atoms with Gasteiger partial charge in [-0.2, -0.15) is 0 Å². The van der Waals surface area contributed by atoms with Crippen LogP contribution in [0.1, 0.15) is 31.1 Å². The minimum atomic E-state index is -0.130. The van der Waals surface area contributed by atoms with E-state index in [-0.39, 0.29) is 5.91 Å². The lowest BCUT2D eigenvalue weighted by atomic mass is 10.4. The summed E-state index contributed by atoms with van der Waals surface area (Å²) in [6.45, 7) is 5.19. The van der Waals surface area contributed by atoms with Crippen LogP contribution in [0.15, 0.2) is 5.38 Å². The molecule has 108 valence electrons. The number of thiazole rings is 2. The van der Waals surface area contributed by atoms with E-state index in [0.29, 0.717) is 18.8 Å². The van der Waals surface area contributed by atoms with Gasteiger partial charge in [0, 0.05) is 29.6 Å². The van der Waals surface area contributed by atoms with E-state index < -0.39 is 0 Å². The summed E-state index contributed by atoms with van der Waals surface area (Å²) in [5, 5.41) is 6.61. The molecule has 7 heteroatoms. The van der Waals surface area contributed by atoms with Crippen LogP contribution in [0, 0.1) is 13.8 Å². The Balaban J connectivity index is 1.82. The number of nitrogens with zero attached hydrogens (tertiary/aromatic N) is 2. The van der Waals surface area contributed by atoms with E-state index in [4.69, 9.17) is 5.73 Å². The number of nitrogens with two attached hydrogens (primary N) is 1.